The summed E-state index contributed by atoms with van der Waals surface area (Å²) < 4.78 is 23.2. The molecule has 2 rings (SSSR count). The van der Waals surface area contributed by atoms with Crippen LogP contribution in [0.25, 0.3) is 0 Å². The first-order chi connectivity index (χ1) is 8.66. The van der Waals surface area contributed by atoms with Crippen LogP contribution < -0.4 is 4.74 Å². The maximum absolute atomic E-state index is 12.8. The Labute approximate surface area is 109 Å². The molecule has 1 amide bonds. The van der Waals surface area contributed by atoms with Crippen LogP contribution in [-0.4, -0.2) is 43.7 Å². The zero-order valence-corrected chi connectivity index (χ0v) is 10.5. The third-order valence-corrected chi connectivity index (χ3v) is 2.90. The Morgan fingerprint density at radius 3 is 2.83 bits per heavy atom. The van der Waals surface area contributed by atoms with E-state index in [-0.39, 0.29) is 17.5 Å². The van der Waals surface area contributed by atoms with Crippen LogP contribution in [0.2, 0.25) is 5.02 Å². The van der Waals surface area contributed by atoms with Gasteiger partial charge in [0.15, 0.2) is 6.61 Å². The molecule has 6 heteroatoms. The van der Waals surface area contributed by atoms with E-state index in [4.69, 9.17) is 21.1 Å². The molecule has 18 heavy (non-hydrogen) atoms. The summed E-state index contributed by atoms with van der Waals surface area (Å²) in [6, 6.07) is 3.79. The molecule has 1 fully saturated rings. The van der Waals surface area contributed by atoms with Crippen LogP contribution in [0.3, 0.4) is 0 Å². The number of hydrogen-bond donors (Lipinski definition) is 0. The Hall–Kier alpha value is -1.33. The van der Waals surface area contributed by atoms with Crippen molar-refractivity contribution in [1.82, 2.24) is 4.90 Å². The Balaban J connectivity index is 1.88. The molecule has 0 saturated carbocycles. The minimum absolute atomic E-state index is 0.106. The zero-order valence-electron chi connectivity index (χ0n) is 9.70. The van der Waals surface area contributed by atoms with E-state index in [1.54, 1.807) is 4.90 Å². The van der Waals surface area contributed by atoms with Crippen molar-refractivity contribution in [3.8, 4) is 5.75 Å². The Bertz CT molecular complexity index is 435. The van der Waals surface area contributed by atoms with Crippen LogP contribution in [0, 0.1) is 5.82 Å². The first kappa shape index (κ1) is 13.1. The number of carbonyl (C=O) groups excluding carboxylic acids is 1. The molecule has 1 aliphatic rings. The molecular formula is C12H13ClFNO3. The standard InChI is InChI=1S/C12H13ClFNO3/c13-10-7-9(14)1-2-11(10)18-8-12(16)15-3-5-17-6-4-15/h1-2,7H,3-6,8H2. The molecule has 4 nitrogen and oxygen atoms in total. The van der Waals surface area contributed by atoms with E-state index in [0.29, 0.717) is 32.1 Å². The number of benzene rings is 1. The summed E-state index contributed by atoms with van der Waals surface area (Å²) in [4.78, 5) is 13.4. The van der Waals surface area contributed by atoms with E-state index >= 15 is 0 Å². The molecule has 0 aliphatic carbocycles. The van der Waals surface area contributed by atoms with Crippen molar-refractivity contribution >= 4 is 17.5 Å². The molecule has 0 atom stereocenters. The number of ether oxygens (including phenoxy) is 2. The summed E-state index contributed by atoms with van der Waals surface area (Å²) in [5.74, 6) is -0.259. The molecule has 0 radical (unpaired) electrons. The van der Waals surface area contributed by atoms with Crippen LogP contribution in [0.4, 0.5) is 4.39 Å². The lowest BCUT2D eigenvalue weighted by atomic mass is 10.3. The average molecular weight is 274 g/mol. The number of halogens is 2. The Morgan fingerprint density at radius 2 is 2.17 bits per heavy atom. The van der Waals surface area contributed by atoms with Crippen LogP contribution in [0.1, 0.15) is 0 Å². The van der Waals surface area contributed by atoms with Crippen molar-refractivity contribution in [2.45, 2.75) is 0 Å². The first-order valence-corrected chi connectivity index (χ1v) is 5.98. The summed E-state index contributed by atoms with van der Waals surface area (Å²) >= 11 is 5.79. The predicted octanol–water partition coefficient (Wildman–Crippen LogP) is 1.72. The van der Waals surface area contributed by atoms with Gasteiger partial charge in [-0.2, -0.15) is 0 Å². The fraction of sp³-hybridized carbons (Fsp3) is 0.417. The Kier molecular flexibility index (Phi) is 4.38. The number of morpholine rings is 1. The van der Waals surface area contributed by atoms with Crippen molar-refractivity contribution in [3.63, 3.8) is 0 Å². The number of rotatable bonds is 3. The fourth-order valence-corrected chi connectivity index (χ4v) is 1.86. The van der Waals surface area contributed by atoms with Gasteiger partial charge >= 0.3 is 0 Å². The molecule has 1 aromatic rings. The smallest absolute Gasteiger partial charge is 0.260 e. The highest BCUT2D eigenvalue weighted by molar-refractivity contribution is 6.32. The third kappa shape index (κ3) is 3.34. The van der Waals surface area contributed by atoms with Crippen LogP contribution in [0.5, 0.6) is 5.75 Å². The number of amides is 1. The highest BCUT2D eigenvalue weighted by Gasteiger charge is 2.17. The molecule has 0 unspecified atom stereocenters. The first-order valence-electron chi connectivity index (χ1n) is 5.60. The lowest BCUT2D eigenvalue weighted by molar-refractivity contribution is -0.137. The van der Waals surface area contributed by atoms with Gasteiger partial charge in [0.05, 0.1) is 18.2 Å². The zero-order chi connectivity index (χ0) is 13.0. The van der Waals surface area contributed by atoms with Gasteiger partial charge in [-0.3, -0.25) is 4.79 Å². The molecule has 0 spiro atoms. The maximum Gasteiger partial charge on any atom is 0.260 e. The normalized spacial score (nSPS) is 15.6. The second-order valence-electron chi connectivity index (χ2n) is 3.86. The molecule has 98 valence electrons. The summed E-state index contributed by atoms with van der Waals surface area (Å²) in [5, 5.41) is 0.157. The average Bonchev–Trinajstić information content (AvgIpc) is 2.38. The van der Waals surface area contributed by atoms with E-state index in [1.807, 2.05) is 0 Å². The van der Waals surface area contributed by atoms with E-state index < -0.39 is 5.82 Å². The largest absolute Gasteiger partial charge is 0.482 e. The van der Waals surface area contributed by atoms with Crippen molar-refractivity contribution in [2.75, 3.05) is 32.9 Å². The van der Waals surface area contributed by atoms with Gasteiger partial charge in [-0.15, -0.1) is 0 Å². The van der Waals surface area contributed by atoms with Gasteiger partial charge in [-0.05, 0) is 18.2 Å². The maximum atomic E-state index is 12.8. The van der Waals surface area contributed by atoms with Crippen molar-refractivity contribution in [2.24, 2.45) is 0 Å². The molecule has 0 aromatic heterocycles. The molecule has 1 aromatic carbocycles. The predicted molar refractivity (Wildman–Crippen MR) is 64.3 cm³/mol. The van der Waals surface area contributed by atoms with Gasteiger partial charge in [0.1, 0.15) is 11.6 Å². The molecule has 1 heterocycles. The van der Waals surface area contributed by atoms with Gasteiger partial charge < -0.3 is 14.4 Å². The van der Waals surface area contributed by atoms with Gasteiger partial charge in [-0.1, -0.05) is 11.6 Å². The third-order valence-electron chi connectivity index (χ3n) is 2.61. The quantitative estimate of drug-likeness (QED) is 0.842. The van der Waals surface area contributed by atoms with Crippen molar-refractivity contribution in [1.29, 1.82) is 0 Å². The van der Waals surface area contributed by atoms with Gasteiger partial charge in [0.2, 0.25) is 0 Å². The number of nitrogens with zero attached hydrogens (tertiary/aromatic N) is 1. The van der Waals surface area contributed by atoms with Crippen molar-refractivity contribution < 1.29 is 18.7 Å². The van der Waals surface area contributed by atoms with E-state index in [1.165, 1.54) is 12.1 Å². The topological polar surface area (TPSA) is 38.8 Å². The van der Waals surface area contributed by atoms with E-state index in [9.17, 15) is 9.18 Å². The molecular weight excluding hydrogens is 261 g/mol. The highest BCUT2D eigenvalue weighted by Crippen LogP contribution is 2.24. The number of hydrogen-bond acceptors (Lipinski definition) is 3. The van der Waals surface area contributed by atoms with Crippen molar-refractivity contribution in [3.05, 3.63) is 29.0 Å². The lowest BCUT2D eigenvalue weighted by Crippen LogP contribution is -2.43. The molecule has 0 bridgehead atoms. The minimum atomic E-state index is -0.438. The molecule has 0 N–H and O–H groups in total. The van der Waals surface area contributed by atoms with Crippen LogP contribution in [0.15, 0.2) is 18.2 Å². The summed E-state index contributed by atoms with van der Waals surface area (Å²) in [5.41, 5.74) is 0. The monoisotopic (exact) mass is 273 g/mol. The summed E-state index contributed by atoms with van der Waals surface area (Å²) in [6.45, 7) is 2.12. The summed E-state index contributed by atoms with van der Waals surface area (Å²) in [7, 11) is 0. The second-order valence-corrected chi connectivity index (χ2v) is 4.26. The minimum Gasteiger partial charge on any atom is -0.482 e. The van der Waals surface area contributed by atoms with Gasteiger partial charge in [-0.25, -0.2) is 4.39 Å². The lowest BCUT2D eigenvalue weighted by Gasteiger charge is -2.26. The fourth-order valence-electron chi connectivity index (χ4n) is 1.64. The second kappa shape index (κ2) is 6.02. The SMILES string of the molecule is O=C(COc1ccc(F)cc1Cl)N1CCOCC1. The Morgan fingerprint density at radius 1 is 1.44 bits per heavy atom. The highest BCUT2D eigenvalue weighted by atomic mass is 35.5. The van der Waals surface area contributed by atoms with E-state index in [2.05, 4.69) is 0 Å². The van der Waals surface area contributed by atoms with E-state index in [0.717, 1.165) is 6.07 Å². The molecule has 1 saturated heterocycles. The van der Waals surface area contributed by atoms with Crippen LogP contribution >= 0.6 is 11.6 Å². The number of carbonyl (C=O) groups is 1. The molecule has 1 aliphatic heterocycles. The van der Waals surface area contributed by atoms with Crippen LogP contribution in [-0.2, 0) is 9.53 Å². The van der Waals surface area contributed by atoms with Gasteiger partial charge in [0, 0.05) is 13.1 Å². The summed E-state index contributed by atoms with van der Waals surface area (Å²) in [6.07, 6.45) is 0. The van der Waals surface area contributed by atoms with Gasteiger partial charge in [0.25, 0.3) is 5.91 Å².